The minimum absolute atomic E-state index is 0.0102. The zero-order valence-corrected chi connectivity index (χ0v) is 53.2. The second-order valence-electron chi connectivity index (χ2n) is 23.4. The van der Waals surface area contributed by atoms with Crippen molar-refractivity contribution < 1.29 is 32.9 Å². The molecule has 0 rings (SSSR count). The number of likely N-dealkylation sites (N-methyl/N-ethyl adjacent to an activating group) is 1. The molecule has 0 aromatic heterocycles. The van der Waals surface area contributed by atoms with Crippen molar-refractivity contribution >= 4 is 13.7 Å². The van der Waals surface area contributed by atoms with Gasteiger partial charge in [-0.25, -0.2) is 0 Å². The van der Waals surface area contributed by atoms with Crippen molar-refractivity contribution in [3.63, 3.8) is 0 Å². The van der Waals surface area contributed by atoms with E-state index in [0.717, 1.165) is 77.0 Å². The van der Waals surface area contributed by atoms with Gasteiger partial charge in [0, 0.05) is 6.42 Å². The van der Waals surface area contributed by atoms with E-state index >= 15 is 0 Å². The number of aliphatic hydroxyl groups excluding tert-OH is 1. The van der Waals surface area contributed by atoms with Crippen LogP contribution in [0.15, 0.2) is 97.2 Å². The highest BCUT2D eigenvalue weighted by Gasteiger charge is 2.23. The van der Waals surface area contributed by atoms with Crippen LogP contribution in [0.25, 0.3) is 0 Å². The predicted molar refractivity (Wildman–Crippen MR) is 343 cm³/mol. The summed E-state index contributed by atoms with van der Waals surface area (Å²) in [4.78, 5) is 25.5. The molecule has 0 aliphatic rings. The number of phosphoric ester groups is 1. The van der Waals surface area contributed by atoms with Crippen LogP contribution in [0.3, 0.4) is 0 Å². The molecule has 0 aliphatic heterocycles. The zero-order chi connectivity index (χ0) is 57.7. The van der Waals surface area contributed by atoms with Gasteiger partial charge in [0.2, 0.25) is 5.91 Å². The number of amides is 1. The monoisotopic (exact) mass is 1120 g/mol. The third-order valence-electron chi connectivity index (χ3n) is 14.5. The zero-order valence-electron chi connectivity index (χ0n) is 52.3. The quantitative estimate of drug-likeness (QED) is 0.0272. The largest absolute Gasteiger partial charge is 0.756 e. The third-order valence-corrected chi connectivity index (χ3v) is 15.5. The van der Waals surface area contributed by atoms with Crippen molar-refractivity contribution in [2.75, 3.05) is 40.9 Å². The van der Waals surface area contributed by atoms with E-state index in [1.54, 1.807) is 6.08 Å². The van der Waals surface area contributed by atoms with Crippen LogP contribution in [0.1, 0.15) is 290 Å². The van der Waals surface area contributed by atoms with E-state index in [-0.39, 0.29) is 12.5 Å². The van der Waals surface area contributed by atoms with Gasteiger partial charge in [0.25, 0.3) is 7.82 Å². The Morgan fingerprint density at radius 2 is 0.785 bits per heavy atom. The first-order valence-corrected chi connectivity index (χ1v) is 34.6. The number of hydrogen-bond acceptors (Lipinski definition) is 6. The molecule has 458 valence electrons. The summed E-state index contributed by atoms with van der Waals surface area (Å²) in [5.41, 5.74) is 0. The fourth-order valence-corrected chi connectivity index (χ4v) is 10.1. The number of carbonyl (C=O) groups is 1. The van der Waals surface area contributed by atoms with Crippen molar-refractivity contribution in [1.82, 2.24) is 5.32 Å². The molecule has 0 saturated heterocycles. The molecule has 0 aromatic carbocycles. The Hall–Kier alpha value is -2.58. The maximum absolute atomic E-state index is 13.0. The third kappa shape index (κ3) is 62.9. The highest BCUT2D eigenvalue weighted by atomic mass is 31.2. The Morgan fingerprint density at radius 3 is 1.18 bits per heavy atom. The van der Waals surface area contributed by atoms with E-state index in [1.807, 2.05) is 27.2 Å². The number of rotatable bonds is 60. The standard InChI is InChI=1S/C70H127N2O6P/c1-6-8-10-12-14-16-18-20-22-24-25-26-27-28-29-30-31-32-33-34-35-36-37-38-39-40-41-42-43-44-45-46-47-48-50-52-54-56-58-60-62-64-70(74)71-68(67-78-79(75,76)77-66-65-72(3,4)5)69(73)63-61-59-57-55-53-51-49-23-21-19-17-15-13-11-9-7-2/h8,10,14,16,20-23,25-26,28-29,53,55,61,63,68-69,73H,6-7,9,11-13,15,17-19,24,27,30-52,54,56-60,62,64-67H2,1-5H3,(H-,71,74,75,76)/b10-8-,16-14-,22-20-,23-21+,26-25-,29-28-,55-53+,63-61+. The molecule has 0 spiro atoms. The molecule has 8 nitrogen and oxygen atoms in total. The van der Waals surface area contributed by atoms with E-state index in [4.69, 9.17) is 9.05 Å². The predicted octanol–water partition coefficient (Wildman–Crippen LogP) is 20.3. The Kier molecular flexibility index (Phi) is 58.1. The molecule has 9 heteroatoms. The molecular formula is C70H127N2O6P. The lowest BCUT2D eigenvalue weighted by Gasteiger charge is -2.29. The van der Waals surface area contributed by atoms with E-state index in [2.05, 4.69) is 104 Å². The first-order chi connectivity index (χ1) is 38.5. The van der Waals surface area contributed by atoms with Crippen molar-refractivity contribution in [1.29, 1.82) is 0 Å². The second-order valence-corrected chi connectivity index (χ2v) is 24.8. The lowest BCUT2D eigenvalue weighted by atomic mass is 10.0. The molecule has 3 unspecified atom stereocenters. The minimum atomic E-state index is -4.61. The number of nitrogens with one attached hydrogen (secondary N) is 1. The Bertz CT molecular complexity index is 1610. The van der Waals surface area contributed by atoms with Gasteiger partial charge in [-0.15, -0.1) is 0 Å². The van der Waals surface area contributed by atoms with Gasteiger partial charge in [-0.05, 0) is 89.9 Å². The Labute approximate surface area is 489 Å². The van der Waals surface area contributed by atoms with Gasteiger partial charge in [-0.2, -0.15) is 0 Å². The number of phosphoric acid groups is 1. The fourth-order valence-electron chi connectivity index (χ4n) is 9.39. The number of carbonyl (C=O) groups excluding carboxylic acids is 1. The molecule has 0 bridgehead atoms. The van der Waals surface area contributed by atoms with Gasteiger partial charge in [0.1, 0.15) is 13.2 Å². The maximum atomic E-state index is 13.0. The average Bonchev–Trinajstić information content (AvgIpc) is 3.42. The van der Waals surface area contributed by atoms with E-state index in [1.165, 1.54) is 193 Å². The summed E-state index contributed by atoms with van der Waals surface area (Å²) in [5.74, 6) is -0.209. The van der Waals surface area contributed by atoms with Gasteiger partial charge in [0.05, 0.1) is 39.9 Å². The molecule has 79 heavy (non-hydrogen) atoms. The normalized spacial score (nSPS) is 14.4. The molecule has 3 atom stereocenters. The number of nitrogens with zero attached hydrogens (tertiary/aromatic N) is 1. The summed E-state index contributed by atoms with van der Waals surface area (Å²) in [7, 11) is 1.24. The van der Waals surface area contributed by atoms with Gasteiger partial charge in [-0.3, -0.25) is 9.36 Å². The molecule has 0 radical (unpaired) electrons. The van der Waals surface area contributed by atoms with Gasteiger partial charge in [-0.1, -0.05) is 291 Å². The van der Waals surface area contributed by atoms with Crippen molar-refractivity contribution in [2.45, 2.75) is 302 Å². The number of hydrogen-bond donors (Lipinski definition) is 2. The summed E-state index contributed by atoms with van der Waals surface area (Å²) in [5, 5.41) is 13.9. The van der Waals surface area contributed by atoms with Crippen LogP contribution in [0.5, 0.6) is 0 Å². The highest BCUT2D eigenvalue weighted by Crippen LogP contribution is 2.38. The van der Waals surface area contributed by atoms with Crippen LogP contribution in [0.4, 0.5) is 0 Å². The van der Waals surface area contributed by atoms with Gasteiger partial charge < -0.3 is 28.8 Å². The molecule has 1 amide bonds. The maximum Gasteiger partial charge on any atom is 0.268 e. The van der Waals surface area contributed by atoms with Crippen LogP contribution in [-0.4, -0.2) is 68.5 Å². The van der Waals surface area contributed by atoms with Crippen molar-refractivity contribution in [2.24, 2.45) is 0 Å². The summed E-state index contributed by atoms with van der Waals surface area (Å²) in [6.07, 6.45) is 86.8. The van der Waals surface area contributed by atoms with Crippen molar-refractivity contribution in [3.8, 4) is 0 Å². The van der Waals surface area contributed by atoms with E-state index in [0.29, 0.717) is 17.4 Å². The lowest BCUT2D eigenvalue weighted by Crippen LogP contribution is -2.45. The van der Waals surface area contributed by atoms with Gasteiger partial charge in [0.15, 0.2) is 0 Å². The highest BCUT2D eigenvalue weighted by molar-refractivity contribution is 7.45. The lowest BCUT2D eigenvalue weighted by molar-refractivity contribution is -0.870. The topological polar surface area (TPSA) is 108 Å². The van der Waals surface area contributed by atoms with Crippen LogP contribution in [-0.2, 0) is 18.4 Å². The first-order valence-electron chi connectivity index (χ1n) is 33.1. The number of quaternary nitrogens is 1. The van der Waals surface area contributed by atoms with Gasteiger partial charge >= 0.3 is 0 Å². The molecule has 0 heterocycles. The Morgan fingerprint density at radius 1 is 0.456 bits per heavy atom. The van der Waals surface area contributed by atoms with Crippen molar-refractivity contribution in [3.05, 3.63) is 97.2 Å². The fraction of sp³-hybridized carbons (Fsp3) is 0.757. The average molecular weight is 1120 g/mol. The first kappa shape index (κ1) is 76.4. The van der Waals surface area contributed by atoms with E-state index < -0.39 is 26.6 Å². The number of aliphatic hydroxyl groups is 1. The summed E-state index contributed by atoms with van der Waals surface area (Å²) >= 11 is 0. The molecule has 0 aromatic rings. The van der Waals surface area contributed by atoms with E-state index in [9.17, 15) is 19.4 Å². The molecule has 0 fully saturated rings. The molecular weight excluding hydrogens is 996 g/mol. The summed E-state index contributed by atoms with van der Waals surface area (Å²) in [6, 6.07) is -0.912. The summed E-state index contributed by atoms with van der Waals surface area (Å²) in [6.45, 7) is 4.51. The number of unbranched alkanes of at least 4 members (excludes halogenated alkanes) is 33. The SMILES string of the molecule is CC/C=C\C/C=C\C/C=C\C/C=C\C/C=C\CCCCCCCCCCCCCCCCCCCCCCCCCCCC(=O)NC(COP(=O)([O-])OCC[N+](C)(C)C)C(O)/C=C/CC/C=C/CC/C=C/CCCCCCCC. The number of allylic oxidation sites excluding steroid dienone is 15. The van der Waals surface area contributed by atoms with Crippen LogP contribution >= 0.6 is 7.82 Å². The summed E-state index contributed by atoms with van der Waals surface area (Å²) < 4.78 is 23.3. The van der Waals surface area contributed by atoms with Crippen LogP contribution in [0, 0.1) is 0 Å². The molecule has 0 aliphatic carbocycles. The smallest absolute Gasteiger partial charge is 0.268 e. The van der Waals surface area contributed by atoms with Crippen LogP contribution < -0.4 is 10.2 Å². The molecule has 2 N–H and O–H groups in total. The second kappa shape index (κ2) is 60.0. The molecule has 0 saturated carbocycles. The minimum Gasteiger partial charge on any atom is -0.756 e. The Balaban J connectivity index is 3.94. The van der Waals surface area contributed by atoms with Crippen LogP contribution in [0.2, 0.25) is 0 Å².